The first kappa shape index (κ1) is 11.1. The van der Waals surface area contributed by atoms with Crippen molar-refractivity contribution in [1.82, 2.24) is 4.72 Å². The first-order valence-electron chi connectivity index (χ1n) is 4.81. The van der Waals surface area contributed by atoms with E-state index in [9.17, 15) is 8.42 Å². The first-order chi connectivity index (χ1) is 7.53. The van der Waals surface area contributed by atoms with E-state index in [1.807, 2.05) is 6.07 Å². The van der Waals surface area contributed by atoms with Gasteiger partial charge < -0.3 is 5.73 Å². The summed E-state index contributed by atoms with van der Waals surface area (Å²) in [5.74, 6) is 0. The molecule has 1 aliphatic rings. The normalized spacial score (nSPS) is 23.8. The van der Waals surface area contributed by atoms with E-state index in [4.69, 9.17) is 11.0 Å². The number of rotatable bonds is 3. The molecule has 0 amide bonds. The van der Waals surface area contributed by atoms with E-state index in [-0.39, 0.29) is 17.0 Å². The maximum Gasteiger partial charge on any atom is 0.240 e. The minimum absolute atomic E-state index is 0.0890. The third-order valence-corrected chi connectivity index (χ3v) is 3.91. The summed E-state index contributed by atoms with van der Waals surface area (Å²) in [6.07, 6.45) is 0.664. The van der Waals surface area contributed by atoms with E-state index in [1.165, 1.54) is 12.1 Å². The molecule has 84 valence electrons. The van der Waals surface area contributed by atoms with Gasteiger partial charge in [0.05, 0.1) is 16.5 Å². The van der Waals surface area contributed by atoms with Crippen LogP contribution in [0, 0.1) is 11.3 Å². The van der Waals surface area contributed by atoms with Crippen LogP contribution in [-0.4, -0.2) is 20.5 Å². The highest BCUT2D eigenvalue weighted by atomic mass is 32.2. The SMILES string of the molecule is N#Cc1cccc(S(=O)(=O)NC2CC2N)c1. The number of nitrogens with zero attached hydrogens (tertiary/aromatic N) is 1. The quantitative estimate of drug-likeness (QED) is 0.769. The van der Waals surface area contributed by atoms with Crippen LogP contribution in [0.4, 0.5) is 0 Å². The lowest BCUT2D eigenvalue weighted by atomic mass is 10.2. The maximum absolute atomic E-state index is 11.8. The predicted octanol–water partition coefficient (Wildman–Crippen LogP) is -0.0638. The molecule has 0 heterocycles. The third-order valence-electron chi connectivity index (χ3n) is 2.42. The number of nitrogens with two attached hydrogens (primary N) is 1. The van der Waals surface area contributed by atoms with E-state index in [2.05, 4.69) is 4.72 Å². The lowest BCUT2D eigenvalue weighted by Gasteiger charge is -2.05. The minimum atomic E-state index is -3.54. The zero-order chi connectivity index (χ0) is 11.8. The lowest BCUT2D eigenvalue weighted by Crippen LogP contribution is -2.29. The van der Waals surface area contributed by atoms with Crippen LogP contribution in [0.2, 0.25) is 0 Å². The van der Waals surface area contributed by atoms with Crippen molar-refractivity contribution in [2.45, 2.75) is 23.4 Å². The van der Waals surface area contributed by atoms with E-state index in [0.29, 0.717) is 12.0 Å². The fraction of sp³-hybridized carbons (Fsp3) is 0.300. The van der Waals surface area contributed by atoms with Gasteiger partial charge in [-0.15, -0.1) is 0 Å². The molecule has 5 nitrogen and oxygen atoms in total. The van der Waals surface area contributed by atoms with Crippen LogP contribution in [0.15, 0.2) is 29.2 Å². The summed E-state index contributed by atoms with van der Waals surface area (Å²) in [6, 6.07) is 7.54. The molecule has 0 spiro atoms. The number of hydrogen-bond acceptors (Lipinski definition) is 4. The average Bonchev–Trinajstić information content (AvgIpc) is 2.93. The fourth-order valence-electron chi connectivity index (χ4n) is 1.35. The summed E-state index contributed by atoms with van der Waals surface area (Å²) in [4.78, 5) is 0.102. The Bertz CT molecular complexity index is 547. The smallest absolute Gasteiger partial charge is 0.240 e. The molecule has 0 bridgehead atoms. The van der Waals surface area contributed by atoms with Gasteiger partial charge in [-0.1, -0.05) is 6.07 Å². The molecule has 16 heavy (non-hydrogen) atoms. The van der Waals surface area contributed by atoms with E-state index in [0.717, 1.165) is 0 Å². The number of benzene rings is 1. The summed E-state index contributed by atoms with van der Waals surface area (Å²) >= 11 is 0. The van der Waals surface area contributed by atoms with Crippen molar-refractivity contribution in [3.05, 3.63) is 29.8 Å². The Morgan fingerprint density at radius 2 is 2.19 bits per heavy atom. The number of nitriles is 1. The standard InChI is InChI=1S/C10H11N3O2S/c11-6-7-2-1-3-8(4-7)16(14,15)13-10-5-9(10)12/h1-4,9-10,13H,5,12H2. The molecule has 0 aromatic heterocycles. The second kappa shape index (κ2) is 3.87. The van der Waals surface area contributed by atoms with Gasteiger partial charge in [-0.05, 0) is 24.6 Å². The molecule has 2 unspecified atom stereocenters. The Morgan fingerprint density at radius 1 is 1.50 bits per heavy atom. The van der Waals surface area contributed by atoms with Crippen LogP contribution in [0.25, 0.3) is 0 Å². The van der Waals surface area contributed by atoms with Gasteiger partial charge in [0, 0.05) is 12.1 Å². The second-order valence-electron chi connectivity index (χ2n) is 3.77. The zero-order valence-electron chi connectivity index (χ0n) is 8.42. The van der Waals surface area contributed by atoms with E-state index < -0.39 is 10.0 Å². The number of hydrogen-bond donors (Lipinski definition) is 2. The van der Waals surface area contributed by atoms with Crippen molar-refractivity contribution in [2.75, 3.05) is 0 Å². The molecule has 1 aromatic carbocycles. The predicted molar refractivity (Wildman–Crippen MR) is 57.9 cm³/mol. The average molecular weight is 237 g/mol. The van der Waals surface area contributed by atoms with Crippen LogP contribution in [-0.2, 0) is 10.0 Å². The summed E-state index contributed by atoms with van der Waals surface area (Å²) in [6.45, 7) is 0. The number of nitrogens with one attached hydrogen (secondary N) is 1. The highest BCUT2D eigenvalue weighted by Gasteiger charge is 2.37. The van der Waals surface area contributed by atoms with Gasteiger partial charge in [0.2, 0.25) is 10.0 Å². The van der Waals surface area contributed by atoms with Gasteiger partial charge in [-0.25, -0.2) is 13.1 Å². The van der Waals surface area contributed by atoms with Crippen molar-refractivity contribution in [3.63, 3.8) is 0 Å². The molecule has 0 radical (unpaired) electrons. The van der Waals surface area contributed by atoms with Crippen LogP contribution < -0.4 is 10.5 Å². The Hall–Kier alpha value is -1.42. The molecule has 6 heteroatoms. The van der Waals surface area contributed by atoms with Crippen molar-refractivity contribution >= 4 is 10.0 Å². The molecule has 1 saturated carbocycles. The monoisotopic (exact) mass is 237 g/mol. The fourth-order valence-corrected chi connectivity index (χ4v) is 2.70. The summed E-state index contributed by atoms with van der Waals surface area (Å²) < 4.78 is 26.1. The maximum atomic E-state index is 11.8. The van der Waals surface area contributed by atoms with Crippen molar-refractivity contribution < 1.29 is 8.42 Å². The molecule has 0 saturated heterocycles. The van der Waals surface area contributed by atoms with Gasteiger partial charge >= 0.3 is 0 Å². The van der Waals surface area contributed by atoms with Gasteiger partial charge in [0.25, 0.3) is 0 Å². The molecular formula is C10H11N3O2S. The Kier molecular flexibility index (Phi) is 2.68. The molecule has 1 aromatic rings. The Morgan fingerprint density at radius 3 is 2.75 bits per heavy atom. The van der Waals surface area contributed by atoms with Crippen molar-refractivity contribution in [1.29, 1.82) is 5.26 Å². The van der Waals surface area contributed by atoms with Gasteiger partial charge in [0.15, 0.2) is 0 Å². The molecule has 1 fully saturated rings. The van der Waals surface area contributed by atoms with Crippen LogP contribution in [0.1, 0.15) is 12.0 Å². The van der Waals surface area contributed by atoms with Crippen molar-refractivity contribution in [2.24, 2.45) is 5.73 Å². The zero-order valence-corrected chi connectivity index (χ0v) is 9.24. The summed E-state index contributed by atoms with van der Waals surface area (Å²) in [5.41, 5.74) is 5.85. The molecule has 0 aliphatic heterocycles. The van der Waals surface area contributed by atoms with Gasteiger partial charge in [-0.3, -0.25) is 0 Å². The highest BCUT2D eigenvalue weighted by molar-refractivity contribution is 7.89. The molecular weight excluding hydrogens is 226 g/mol. The second-order valence-corrected chi connectivity index (χ2v) is 5.48. The van der Waals surface area contributed by atoms with E-state index >= 15 is 0 Å². The van der Waals surface area contributed by atoms with Crippen LogP contribution >= 0.6 is 0 Å². The highest BCUT2D eigenvalue weighted by Crippen LogP contribution is 2.21. The topological polar surface area (TPSA) is 96.0 Å². The molecule has 2 atom stereocenters. The molecule has 1 aliphatic carbocycles. The largest absolute Gasteiger partial charge is 0.326 e. The number of sulfonamides is 1. The summed E-state index contributed by atoms with van der Waals surface area (Å²) in [5, 5.41) is 8.68. The molecule has 3 N–H and O–H groups in total. The first-order valence-corrected chi connectivity index (χ1v) is 6.29. The lowest BCUT2D eigenvalue weighted by molar-refractivity contribution is 0.580. The molecule has 2 rings (SSSR count). The van der Waals surface area contributed by atoms with Crippen LogP contribution in [0.3, 0.4) is 0 Å². The van der Waals surface area contributed by atoms with Crippen LogP contribution in [0.5, 0.6) is 0 Å². The minimum Gasteiger partial charge on any atom is -0.326 e. The Balaban J connectivity index is 2.25. The van der Waals surface area contributed by atoms with E-state index in [1.54, 1.807) is 12.1 Å². The third kappa shape index (κ3) is 2.22. The Labute approximate surface area is 93.9 Å². The van der Waals surface area contributed by atoms with Crippen molar-refractivity contribution in [3.8, 4) is 6.07 Å². The summed E-state index contributed by atoms with van der Waals surface area (Å²) in [7, 11) is -3.54. The van der Waals surface area contributed by atoms with Gasteiger partial charge in [0.1, 0.15) is 0 Å². The van der Waals surface area contributed by atoms with Gasteiger partial charge in [-0.2, -0.15) is 5.26 Å².